The molecule has 0 saturated carbocycles. The number of carbonyl (C=O) groups excluding carboxylic acids is 2. The lowest BCUT2D eigenvalue weighted by Crippen LogP contribution is -2.70. The zero-order chi connectivity index (χ0) is 80.3. The van der Waals surface area contributed by atoms with Crippen LogP contribution in [-0.4, -0.2) is 215 Å². The van der Waals surface area contributed by atoms with Crippen molar-refractivity contribution in [2.45, 2.75) is 509 Å². The molecule has 23 heteroatoms. The van der Waals surface area contributed by atoms with E-state index >= 15 is 0 Å². The van der Waals surface area contributed by atoms with Crippen LogP contribution in [0.1, 0.15) is 400 Å². The van der Waals surface area contributed by atoms with E-state index in [1.54, 1.807) is 0 Å². The van der Waals surface area contributed by atoms with E-state index in [2.05, 4.69) is 24.5 Å². The molecule has 3 fully saturated rings. The van der Waals surface area contributed by atoms with Gasteiger partial charge >= 0.3 is 5.97 Å². The third kappa shape index (κ3) is 44.3. The molecule has 3 saturated heterocycles. The number of aliphatic hydroxyl groups is 11. The van der Waals surface area contributed by atoms with Crippen molar-refractivity contribution >= 4 is 17.8 Å². The normalized spacial score (nSPS) is 25.5. The second kappa shape index (κ2) is 65.7. The first kappa shape index (κ1) is 102. The predicted molar refractivity (Wildman–Crippen MR) is 431 cm³/mol. The van der Waals surface area contributed by atoms with Gasteiger partial charge in [0, 0.05) is 19.8 Å². The standard InChI is InChI=1S/C87H166N2O21/c1-4-6-8-10-12-14-16-18-20-22-24-26-27-28-29-30-31-32-33-34-35-36-37-38-39-41-43-45-47-49-51-53-55-57-59-61-74(97)89-68(69(94)60-58-56-54-52-50-48-46-44-42-40-25-23-21-19-17-15-13-11-9-7-5-2)66-105-84-79(101)78(100)81(73(65-92)107-84)108-85-80(102)83(77(99)72(64-91)106-85)110-87(86(103)104)62-70(95)75(88-67(3)93)82(109-87)76(98)71(96)63-90/h68-73,75-85,90-92,94-96,98-102H,4-66H2,1-3H3,(H,88,93)(H,89,97)(H,103,104). The Bertz CT molecular complexity index is 2180. The fraction of sp³-hybridized carbons (Fsp3) is 0.966. The molecule has 14 N–H and O–H groups in total. The molecule has 18 atom stereocenters. The maximum atomic E-state index is 13.6. The van der Waals surface area contributed by atoms with Crippen molar-refractivity contribution in [3.05, 3.63) is 0 Å². The maximum absolute atomic E-state index is 13.6. The van der Waals surface area contributed by atoms with Gasteiger partial charge in [-0.25, -0.2) is 4.79 Å². The molecule has 0 aromatic heterocycles. The van der Waals surface area contributed by atoms with Crippen LogP contribution >= 0.6 is 0 Å². The number of ether oxygens (including phenoxy) is 6. The number of unbranched alkanes of at least 4 members (excludes halogenated alkanes) is 54. The fourth-order valence-electron chi connectivity index (χ4n) is 16.2. The molecule has 0 radical (unpaired) electrons. The summed E-state index contributed by atoms with van der Waals surface area (Å²) in [6.07, 6.45) is 44.0. The lowest BCUT2D eigenvalue weighted by atomic mass is 9.88. The monoisotopic (exact) mass is 1580 g/mol. The molecule has 0 aliphatic carbocycles. The van der Waals surface area contributed by atoms with Gasteiger partial charge in [0.2, 0.25) is 11.8 Å². The summed E-state index contributed by atoms with van der Waals surface area (Å²) in [4.78, 5) is 38.8. The van der Waals surface area contributed by atoms with Crippen molar-refractivity contribution in [3.8, 4) is 0 Å². The van der Waals surface area contributed by atoms with Gasteiger partial charge in [-0.1, -0.05) is 367 Å². The summed E-state index contributed by atoms with van der Waals surface area (Å²) in [6.45, 7) is 2.29. The Labute approximate surface area is 665 Å². The van der Waals surface area contributed by atoms with Gasteiger partial charge in [0.25, 0.3) is 5.79 Å². The summed E-state index contributed by atoms with van der Waals surface area (Å²) >= 11 is 0. The minimum Gasteiger partial charge on any atom is -0.477 e. The van der Waals surface area contributed by atoms with Gasteiger partial charge in [-0.3, -0.25) is 9.59 Å². The molecule has 18 unspecified atom stereocenters. The van der Waals surface area contributed by atoms with E-state index in [4.69, 9.17) is 28.4 Å². The second-order valence-electron chi connectivity index (χ2n) is 33.2. The van der Waals surface area contributed by atoms with E-state index < -0.39 is 148 Å². The Morgan fingerprint density at radius 1 is 0.436 bits per heavy atom. The molecule has 0 spiro atoms. The van der Waals surface area contributed by atoms with Gasteiger partial charge in [-0.15, -0.1) is 0 Å². The van der Waals surface area contributed by atoms with Crippen molar-refractivity contribution in [1.29, 1.82) is 0 Å². The summed E-state index contributed by atoms with van der Waals surface area (Å²) in [7, 11) is 0. The third-order valence-corrected chi connectivity index (χ3v) is 23.3. The zero-order valence-electron chi connectivity index (χ0n) is 69.4. The summed E-state index contributed by atoms with van der Waals surface area (Å²) < 4.78 is 35.1. The van der Waals surface area contributed by atoms with Crippen LogP contribution in [-0.2, 0) is 42.8 Å². The molecule has 2 amide bonds. The number of aliphatic hydroxyl groups excluding tert-OH is 11. The smallest absolute Gasteiger partial charge is 0.364 e. The van der Waals surface area contributed by atoms with Gasteiger partial charge in [0.05, 0.1) is 50.7 Å². The molecule has 0 bridgehead atoms. The molecular weight excluding hydrogens is 1410 g/mol. The predicted octanol–water partition coefficient (Wildman–Crippen LogP) is 14.3. The Hall–Kier alpha value is -2.27. The van der Waals surface area contributed by atoms with Crippen LogP contribution in [0.15, 0.2) is 0 Å². The zero-order valence-corrected chi connectivity index (χ0v) is 69.4. The molecule has 3 rings (SSSR count). The average molecular weight is 1580 g/mol. The van der Waals surface area contributed by atoms with Crippen LogP contribution in [0.4, 0.5) is 0 Å². The highest BCUT2D eigenvalue weighted by Crippen LogP contribution is 2.39. The number of hydrogen-bond acceptors (Lipinski definition) is 20. The third-order valence-electron chi connectivity index (χ3n) is 23.3. The minimum atomic E-state index is -3.08. The quantitative estimate of drug-likeness (QED) is 0.0252. The van der Waals surface area contributed by atoms with E-state index in [9.17, 15) is 75.7 Å². The molecule has 110 heavy (non-hydrogen) atoms. The summed E-state index contributed by atoms with van der Waals surface area (Å²) in [5.74, 6) is -6.08. The summed E-state index contributed by atoms with van der Waals surface area (Å²) in [6, 6.07) is -2.53. The van der Waals surface area contributed by atoms with E-state index in [0.717, 1.165) is 51.9 Å². The van der Waals surface area contributed by atoms with Crippen LogP contribution in [0.25, 0.3) is 0 Å². The van der Waals surface area contributed by atoms with Crippen LogP contribution in [0.5, 0.6) is 0 Å². The number of nitrogens with one attached hydrogen (secondary N) is 2. The van der Waals surface area contributed by atoms with Crippen molar-refractivity contribution in [1.82, 2.24) is 10.6 Å². The number of carboxylic acids is 1. The lowest BCUT2D eigenvalue weighted by Gasteiger charge is -2.50. The number of aliphatic carboxylic acids is 1. The first-order valence-corrected chi connectivity index (χ1v) is 45.4. The Morgan fingerprint density at radius 2 is 0.791 bits per heavy atom. The topological polar surface area (TPSA) is 373 Å². The first-order chi connectivity index (χ1) is 53.4. The minimum absolute atomic E-state index is 0.230. The molecule has 650 valence electrons. The second-order valence-corrected chi connectivity index (χ2v) is 33.2. The van der Waals surface area contributed by atoms with Crippen LogP contribution < -0.4 is 10.6 Å². The highest BCUT2D eigenvalue weighted by Gasteiger charge is 2.60. The molecule has 23 nitrogen and oxygen atoms in total. The van der Waals surface area contributed by atoms with E-state index in [1.165, 1.54) is 302 Å². The van der Waals surface area contributed by atoms with Gasteiger partial charge in [0.15, 0.2) is 12.6 Å². The molecule has 3 heterocycles. The Morgan fingerprint density at radius 3 is 1.14 bits per heavy atom. The molecule has 3 aliphatic rings. The molecular formula is C87H166N2O21. The molecule has 3 aliphatic heterocycles. The van der Waals surface area contributed by atoms with E-state index in [-0.39, 0.29) is 18.9 Å². The van der Waals surface area contributed by atoms with Gasteiger partial charge < -0.3 is 100 Å². The van der Waals surface area contributed by atoms with Gasteiger partial charge in [-0.2, -0.15) is 0 Å². The highest BCUT2D eigenvalue weighted by molar-refractivity contribution is 5.77. The average Bonchev–Trinajstić information content (AvgIpc) is 0.752. The van der Waals surface area contributed by atoms with Crippen molar-refractivity contribution in [3.63, 3.8) is 0 Å². The SMILES string of the molecule is CCCCCCCCCCCCCCCCCCCCCCCCCCCCCCCCCCCCCC(=O)NC(COC1OC(CO)C(OC2OC(CO)C(O)C(OC3(C(=O)O)CC(O)C(NC(C)=O)C(C(O)C(O)CO)O3)C2O)C(O)C1O)C(O)CCCCCCCCCCCCCCCCCCCCCCC. The molecule has 0 aromatic rings. The van der Waals surface area contributed by atoms with Crippen LogP contribution in [0.2, 0.25) is 0 Å². The van der Waals surface area contributed by atoms with Gasteiger partial charge in [0.1, 0.15) is 67.1 Å². The summed E-state index contributed by atoms with van der Waals surface area (Å²) in [5, 5.41) is 137. The maximum Gasteiger partial charge on any atom is 0.364 e. The highest BCUT2D eigenvalue weighted by atomic mass is 16.8. The Kier molecular flexibility index (Phi) is 60.9. The fourth-order valence-corrected chi connectivity index (χ4v) is 16.2. The van der Waals surface area contributed by atoms with E-state index in [1.807, 2.05) is 0 Å². The summed E-state index contributed by atoms with van der Waals surface area (Å²) in [5.41, 5.74) is 0. The Balaban J connectivity index is 1.42. The number of hydrogen-bond donors (Lipinski definition) is 14. The number of amides is 2. The number of rotatable bonds is 74. The lowest BCUT2D eigenvalue weighted by molar-refractivity contribution is -0.386. The van der Waals surface area contributed by atoms with Crippen molar-refractivity contribution < 1.29 is 104 Å². The van der Waals surface area contributed by atoms with Crippen molar-refractivity contribution in [2.75, 3.05) is 26.4 Å². The first-order valence-electron chi connectivity index (χ1n) is 45.4. The van der Waals surface area contributed by atoms with Crippen molar-refractivity contribution in [2.24, 2.45) is 0 Å². The molecule has 0 aromatic carbocycles. The van der Waals surface area contributed by atoms with Gasteiger partial charge in [-0.05, 0) is 12.8 Å². The van der Waals surface area contributed by atoms with Crippen LogP contribution in [0.3, 0.4) is 0 Å². The number of carboxylic acid groups (broad SMARTS) is 1. The van der Waals surface area contributed by atoms with E-state index in [0.29, 0.717) is 19.3 Å². The largest absolute Gasteiger partial charge is 0.477 e. The van der Waals surface area contributed by atoms with Crippen LogP contribution in [0, 0.1) is 0 Å². The number of carbonyl (C=O) groups is 3.